The zero-order chi connectivity index (χ0) is 13.6. The second kappa shape index (κ2) is 4.46. The lowest BCUT2D eigenvalue weighted by molar-refractivity contribution is 0.0583. The molecule has 0 bridgehead atoms. The Hall–Kier alpha value is -1.60. The molecule has 102 valence electrons. The number of aryl methyl sites for hydroxylation is 2. The molecule has 4 rings (SSSR count). The molecule has 2 aromatic rings. The standard InChI is InChI=1S/C19H21N/c1-15-7-8-17-9-10-19(18(17)11-15)13-20(14-19)12-16-5-3-2-4-6-16/h2-8,11H,9-10,12-14H2,1H3. The fourth-order valence-electron chi connectivity index (χ4n) is 4.00. The summed E-state index contributed by atoms with van der Waals surface area (Å²) in [5.41, 5.74) is 6.55. The minimum Gasteiger partial charge on any atom is -0.297 e. The first kappa shape index (κ1) is 12.2. The van der Waals surface area contributed by atoms with Crippen LogP contribution in [0.5, 0.6) is 0 Å². The van der Waals surface area contributed by atoms with E-state index in [1.54, 1.807) is 11.1 Å². The molecule has 1 nitrogen and oxygen atoms in total. The molecule has 1 aliphatic heterocycles. The lowest BCUT2D eigenvalue weighted by Crippen LogP contribution is -2.57. The summed E-state index contributed by atoms with van der Waals surface area (Å²) in [6.07, 6.45) is 2.62. The number of hydrogen-bond acceptors (Lipinski definition) is 1. The van der Waals surface area contributed by atoms with Gasteiger partial charge >= 0.3 is 0 Å². The molecule has 1 saturated heterocycles. The van der Waals surface area contributed by atoms with Crippen LogP contribution in [0.2, 0.25) is 0 Å². The Bertz CT molecular complexity index is 623. The molecule has 1 spiro atoms. The van der Waals surface area contributed by atoms with Crippen molar-refractivity contribution in [3.63, 3.8) is 0 Å². The monoisotopic (exact) mass is 263 g/mol. The van der Waals surface area contributed by atoms with Gasteiger partial charge in [0, 0.05) is 25.0 Å². The molecule has 2 aliphatic rings. The molecule has 1 heterocycles. The SMILES string of the molecule is Cc1ccc2c(c1)C1(CC2)CN(Cc2ccccc2)C1. The van der Waals surface area contributed by atoms with Crippen LogP contribution in [0.4, 0.5) is 0 Å². The van der Waals surface area contributed by atoms with Crippen LogP contribution in [0.15, 0.2) is 48.5 Å². The summed E-state index contributed by atoms with van der Waals surface area (Å²) in [6, 6.07) is 17.9. The third-order valence-corrected chi connectivity index (χ3v) is 5.01. The third-order valence-electron chi connectivity index (χ3n) is 5.01. The van der Waals surface area contributed by atoms with E-state index in [0.29, 0.717) is 5.41 Å². The largest absolute Gasteiger partial charge is 0.297 e. The van der Waals surface area contributed by atoms with E-state index in [1.807, 2.05) is 0 Å². The van der Waals surface area contributed by atoms with Crippen molar-refractivity contribution >= 4 is 0 Å². The topological polar surface area (TPSA) is 3.24 Å². The van der Waals surface area contributed by atoms with Crippen molar-refractivity contribution in [2.75, 3.05) is 13.1 Å². The molecule has 0 saturated carbocycles. The summed E-state index contributed by atoms with van der Waals surface area (Å²) < 4.78 is 0. The Labute approximate surface area is 121 Å². The molecule has 0 N–H and O–H groups in total. The maximum absolute atomic E-state index is 2.59. The minimum atomic E-state index is 0.468. The molecule has 1 heteroatoms. The van der Waals surface area contributed by atoms with Crippen molar-refractivity contribution in [2.24, 2.45) is 0 Å². The lowest BCUT2D eigenvalue weighted by atomic mass is 9.74. The number of benzene rings is 2. The quantitative estimate of drug-likeness (QED) is 0.798. The van der Waals surface area contributed by atoms with Gasteiger partial charge in [0.05, 0.1) is 0 Å². The number of hydrogen-bond donors (Lipinski definition) is 0. The average Bonchev–Trinajstić information content (AvgIpc) is 2.79. The Morgan fingerprint density at radius 3 is 2.65 bits per heavy atom. The molecule has 20 heavy (non-hydrogen) atoms. The first-order valence-corrected chi connectivity index (χ1v) is 7.62. The van der Waals surface area contributed by atoms with E-state index in [9.17, 15) is 0 Å². The minimum absolute atomic E-state index is 0.468. The van der Waals surface area contributed by atoms with E-state index in [1.165, 1.54) is 37.1 Å². The Kier molecular flexibility index (Phi) is 2.71. The fourth-order valence-corrected chi connectivity index (χ4v) is 4.00. The van der Waals surface area contributed by atoms with Gasteiger partial charge in [-0.1, -0.05) is 54.1 Å². The van der Waals surface area contributed by atoms with Crippen LogP contribution >= 0.6 is 0 Å². The zero-order valence-electron chi connectivity index (χ0n) is 12.1. The summed E-state index contributed by atoms with van der Waals surface area (Å²) in [5, 5.41) is 0. The molecule has 0 amide bonds. The number of nitrogens with zero attached hydrogens (tertiary/aromatic N) is 1. The van der Waals surface area contributed by atoms with Gasteiger partial charge in [-0.15, -0.1) is 0 Å². The van der Waals surface area contributed by atoms with Gasteiger partial charge in [-0.05, 0) is 36.5 Å². The number of rotatable bonds is 2. The van der Waals surface area contributed by atoms with Crippen molar-refractivity contribution < 1.29 is 0 Å². The fraction of sp³-hybridized carbons (Fsp3) is 0.368. The predicted octanol–water partition coefficient (Wildman–Crippen LogP) is 3.69. The van der Waals surface area contributed by atoms with Gasteiger partial charge in [0.2, 0.25) is 0 Å². The summed E-state index contributed by atoms with van der Waals surface area (Å²) in [7, 11) is 0. The second-order valence-corrected chi connectivity index (χ2v) is 6.57. The van der Waals surface area contributed by atoms with Crippen molar-refractivity contribution in [2.45, 2.75) is 31.7 Å². The molecule has 0 aromatic heterocycles. The predicted molar refractivity (Wildman–Crippen MR) is 82.9 cm³/mol. The van der Waals surface area contributed by atoms with Crippen molar-refractivity contribution in [3.05, 3.63) is 70.8 Å². The van der Waals surface area contributed by atoms with Crippen LogP contribution in [-0.4, -0.2) is 18.0 Å². The Morgan fingerprint density at radius 1 is 1.05 bits per heavy atom. The first-order valence-electron chi connectivity index (χ1n) is 7.62. The van der Waals surface area contributed by atoms with Gasteiger partial charge in [-0.25, -0.2) is 0 Å². The van der Waals surface area contributed by atoms with Gasteiger partial charge in [0.15, 0.2) is 0 Å². The van der Waals surface area contributed by atoms with Crippen LogP contribution in [-0.2, 0) is 18.4 Å². The van der Waals surface area contributed by atoms with E-state index >= 15 is 0 Å². The molecule has 2 aromatic carbocycles. The summed E-state index contributed by atoms with van der Waals surface area (Å²) in [6.45, 7) is 5.78. The molecule has 1 fully saturated rings. The van der Waals surface area contributed by atoms with Gasteiger partial charge < -0.3 is 0 Å². The van der Waals surface area contributed by atoms with Gasteiger partial charge in [0.25, 0.3) is 0 Å². The Balaban J connectivity index is 1.51. The zero-order valence-corrected chi connectivity index (χ0v) is 12.1. The van der Waals surface area contributed by atoms with Gasteiger partial charge in [0.1, 0.15) is 0 Å². The van der Waals surface area contributed by atoms with E-state index in [2.05, 4.69) is 60.4 Å². The highest BCUT2D eigenvalue weighted by atomic mass is 15.2. The molecule has 0 radical (unpaired) electrons. The van der Waals surface area contributed by atoms with E-state index < -0.39 is 0 Å². The third kappa shape index (κ3) is 1.89. The molecular weight excluding hydrogens is 242 g/mol. The highest BCUT2D eigenvalue weighted by Crippen LogP contribution is 2.46. The van der Waals surface area contributed by atoms with Crippen molar-refractivity contribution in [3.8, 4) is 0 Å². The van der Waals surface area contributed by atoms with Crippen molar-refractivity contribution in [1.29, 1.82) is 0 Å². The van der Waals surface area contributed by atoms with Crippen LogP contribution in [0, 0.1) is 6.92 Å². The molecule has 1 aliphatic carbocycles. The Morgan fingerprint density at radius 2 is 1.85 bits per heavy atom. The van der Waals surface area contributed by atoms with E-state index in [0.717, 1.165) is 6.54 Å². The smallest absolute Gasteiger partial charge is 0.0234 e. The maximum atomic E-state index is 2.59. The van der Waals surface area contributed by atoms with Crippen LogP contribution in [0.1, 0.15) is 28.7 Å². The average molecular weight is 263 g/mol. The normalized spacial score (nSPS) is 19.9. The van der Waals surface area contributed by atoms with Crippen LogP contribution < -0.4 is 0 Å². The first-order chi connectivity index (χ1) is 9.75. The summed E-state index contributed by atoms with van der Waals surface area (Å²) in [5.74, 6) is 0. The van der Waals surface area contributed by atoms with Crippen molar-refractivity contribution in [1.82, 2.24) is 4.90 Å². The van der Waals surface area contributed by atoms with E-state index in [-0.39, 0.29) is 0 Å². The van der Waals surface area contributed by atoms with E-state index in [4.69, 9.17) is 0 Å². The highest BCUT2D eigenvalue weighted by molar-refractivity contribution is 5.44. The number of fused-ring (bicyclic) bond motifs is 2. The van der Waals surface area contributed by atoms with Gasteiger partial charge in [-0.2, -0.15) is 0 Å². The lowest BCUT2D eigenvalue weighted by Gasteiger charge is -2.49. The molecular formula is C19H21N. The highest BCUT2D eigenvalue weighted by Gasteiger charge is 2.47. The second-order valence-electron chi connectivity index (χ2n) is 6.57. The maximum Gasteiger partial charge on any atom is 0.0234 e. The van der Waals surface area contributed by atoms with Crippen LogP contribution in [0.3, 0.4) is 0 Å². The molecule has 0 unspecified atom stereocenters. The van der Waals surface area contributed by atoms with Crippen LogP contribution in [0.25, 0.3) is 0 Å². The summed E-state index contributed by atoms with van der Waals surface area (Å²) >= 11 is 0. The molecule has 0 atom stereocenters. The summed E-state index contributed by atoms with van der Waals surface area (Å²) in [4.78, 5) is 2.59. The number of likely N-dealkylation sites (tertiary alicyclic amines) is 1. The van der Waals surface area contributed by atoms with Gasteiger partial charge in [-0.3, -0.25) is 4.90 Å².